The van der Waals surface area contributed by atoms with E-state index in [1.165, 1.54) is 17.3 Å². The SMILES string of the molecule is Cc1ccc(NC(=O)c2ccccc2SCC(=O)N2CCCC2)cc1C. The first-order valence-electron chi connectivity index (χ1n) is 8.93. The number of carbonyl (C=O) groups is 2. The topological polar surface area (TPSA) is 49.4 Å². The van der Waals surface area contributed by atoms with Crippen molar-refractivity contribution in [1.82, 2.24) is 4.90 Å². The highest BCUT2D eigenvalue weighted by Crippen LogP contribution is 2.25. The van der Waals surface area contributed by atoms with Gasteiger partial charge >= 0.3 is 0 Å². The second-order valence-corrected chi connectivity index (χ2v) is 7.64. The summed E-state index contributed by atoms with van der Waals surface area (Å²) in [6.45, 7) is 5.78. The molecule has 1 saturated heterocycles. The van der Waals surface area contributed by atoms with Crippen LogP contribution >= 0.6 is 11.8 Å². The van der Waals surface area contributed by atoms with Gasteiger partial charge in [0.05, 0.1) is 11.3 Å². The number of hydrogen-bond acceptors (Lipinski definition) is 3. The summed E-state index contributed by atoms with van der Waals surface area (Å²) in [4.78, 5) is 27.7. The summed E-state index contributed by atoms with van der Waals surface area (Å²) in [5.74, 6) is 0.371. The van der Waals surface area contributed by atoms with Crippen LogP contribution in [0.2, 0.25) is 0 Å². The lowest BCUT2D eigenvalue weighted by atomic mass is 10.1. The van der Waals surface area contributed by atoms with Gasteiger partial charge in [-0.25, -0.2) is 0 Å². The van der Waals surface area contributed by atoms with Crippen LogP contribution in [0, 0.1) is 13.8 Å². The zero-order chi connectivity index (χ0) is 18.5. The van der Waals surface area contributed by atoms with Gasteiger partial charge in [-0.15, -0.1) is 11.8 Å². The van der Waals surface area contributed by atoms with Crippen LogP contribution < -0.4 is 5.32 Å². The van der Waals surface area contributed by atoms with Gasteiger partial charge in [-0.3, -0.25) is 9.59 Å². The van der Waals surface area contributed by atoms with E-state index in [1.54, 1.807) is 6.07 Å². The molecule has 0 radical (unpaired) electrons. The van der Waals surface area contributed by atoms with Crippen molar-refractivity contribution < 1.29 is 9.59 Å². The van der Waals surface area contributed by atoms with Crippen LogP contribution in [0.5, 0.6) is 0 Å². The molecule has 1 fully saturated rings. The lowest BCUT2D eigenvalue weighted by Gasteiger charge is -2.15. The first kappa shape index (κ1) is 18.5. The number of thioether (sulfide) groups is 1. The quantitative estimate of drug-likeness (QED) is 0.802. The minimum absolute atomic E-state index is 0.148. The summed E-state index contributed by atoms with van der Waals surface area (Å²) in [6.07, 6.45) is 2.18. The lowest BCUT2D eigenvalue weighted by Crippen LogP contribution is -2.29. The average molecular weight is 369 g/mol. The van der Waals surface area contributed by atoms with Crippen molar-refractivity contribution in [2.24, 2.45) is 0 Å². The number of benzene rings is 2. The number of nitrogens with one attached hydrogen (secondary N) is 1. The summed E-state index contributed by atoms with van der Waals surface area (Å²) in [5.41, 5.74) is 3.72. The van der Waals surface area contributed by atoms with Crippen molar-refractivity contribution in [3.63, 3.8) is 0 Å². The van der Waals surface area contributed by atoms with E-state index in [9.17, 15) is 9.59 Å². The maximum absolute atomic E-state index is 12.7. The van der Waals surface area contributed by atoms with Gasteiger partial charge < -0.3 is 10.2 Å². The molecule has 136 valence electrons. The molecular formula is C21H24N2O2S. The van der Waals surface area contributed by atoms with Crippen molar-refractivity contribution in [3.8, 4) is 0 Å². The third kappa shape index (κ3) is 4.47. The third-order valence-electron chi connectivity index (χ3n) is 4.71. The van der Waals surface area contributed by atoms with Gasteiger partial charge in [0, 0.05) is 23.7 Å². The molecule has 1 heterocycles. The van der Waals surface area contributed by atoms with Gasteiger partial charge in [0.15, 0.2) is 0 Å². The molecule has 3 rings (SSSR count). The van der Waals surface area contributed by atoms with Gasteiger partial charge in [0.25, 0.3) is 5.91 Å². The second kappa shape index (κ2) is 8.41. The van der Waals surface area contributed by atoms with E-state index in [-0.39, 0.29) is 11.8 Å². The van der Waals surface area contributed by atoms with Crippen LogP contribution in [0.4, 0.5) is 5.69 Å². The van der Waals surface area contributed by atoms with E-state index in [4.69, 9.17) is 0 Å². The molecule has 0 aromatic heterocycles. The Morgan fingerprint density at radius 3 is 2.50 bits per heavy atom. The van der Waals surface area contributed by atoms with E-state index < -0.39 is 0 Å². The Balaban J connectivity index is 1.68. The first-order chi connectivity index (χ1) is 12.5. The smallest absolute Gasteiger partial charge is 0.256 e. The van der Waals surface area contributed by atoms with Crippen molar-refractivity contribution in [3.05, 3.63) is 59.2 Å². The van der Waals surface area contributed by atoms with E-state index in [1.807, 2.05) is 55.1 Å². The number of amides is 2. The minimum Gasteiger partial charge on any atom is -0.342 e. The predicted octanol–water partition coefficient (Wildman–Crippen LogP) is 4.27. The molecule has 0 bridgehead atoms. The molecule has 5 heteroatoms. The van der Waals surface area contributed by atoms with E-state index in [0.29, 0.717) is 11.3 Å². The third-order valence-corrected chi connectivity index (χ3v) is 5.76. The number of likely N-dealkylation sites (tertiary alicyclic amines) is 1. The van der Waals surface area contributed by atoms with Gasteiger partial charge in [-0.05, 0) is 62.1 Å². The minimum atomic E-state index is -0.148. The van der Waals surface area contributed by atoms with Crippen molar-refractivity contribution in [2.45, 2.75) is 31.6 Å². The Bertz CT molecular complexity index is 813. The highest BCUT2D eigenvalue weighted by Gasteiger charge is 2.19. The van der Waals surface area contributed by atoms with E-state index >= 15 is 0 Å². The number of aryl methyl sites for hydroxylation is 2. The highest BCUT2D eigenvalue weighted by molar-refractivity contribution is 8.00. The van der Waals surface area contributed by atoms with Crippen LogP contribution in [0.3, 0.4) is 0 Å². The zero-order valence-electron chi connectivity index (χ0n) is 15.2. The van der Waals surface area contributed by atoms with Crippen molar-refractivity contribution in [1.29, 1.82) is 0 Å². The molecule has 26 heavy (non-hydrogen) atoms. The molecule has 1 aliphatic heterocycles. The molecule has 0 aliphatic carbocycles. The van der Waals surface area contributed by atoms with E-state index in [0.717, 1.165) is 42.1 Å². The summed E-state index contributed by atoms with van der Waals surface area (Å²) < 4.78 is 0. The highest BCUT2D eigenvalue weighted by atomic mass is 32.2. The monoisotopic (exact) mass is 368 g/mol. The molecule has 2 amide bonds. The molecule has 2 aromatic carbocycles. The van der Waals surface area contributed by atoms with Gasteiger partial charge in [0.1, 0.15) is 0 Å². The average Bonchev–Trinajstić information content (AvgIpc) is 3.18. The summed E-state index contributed by atoms with van der Waals surface area (Å²) in [5, 5.41) is 2.96. The number of hydrogen-bond donors (Lipinski definition) is 1. The van der Waals surface area contributed by atoms with Crippen LogP contribution in [0.25, 0.3) is 0 Å². The molecule has 4 nitrogen and oxygen atoms in total. The molecule has 0 atom stereocenters. The summed E-state index contributed by atoms with van der Waals surface area (Å²) >= 11 is 1.43. The van der Waals surface area contributed by atoms with Crippen LogP contribution in [-0.4, -0.2) is 35.6 Å². The van der Waals surface area contributed by atoms with E-state index in [2.05, 4.69) is 5.32 Å². The lowest BCUT2D eigenvalue weighted by molar-refractivity contribution is -0.127. The molecule has 1 N–H and O–H groups in total. The fourth-order valence-electron chi connectivity index (χ4n) is 3.00. The van der Waals surface area contributed by atoms with Crippen molar-refractivity contribution >= 4 is 29.3 Å². The first-order valence-corrected chi connectivity index (χ1v) is 9.91. The molecule has 0 saturated carbocycles. The van der Waals surface area contributed by atoms with Gasteiger partial charge in [-0.2, -0.15) is 0 Å². The van der Waals surface area contributed by atoms with Crippen LogP contribution in [-0.2, 0) is 4.79 Å². The zero-order valence-corrected chi connectivity index (χ0v) is 16.1. The summed E-state index contributed by atoms with van der Waals surface area (Å²) in [6, 6.07) is 13.3. The second-order valence-electron chi connectivity index (χ2n) is 6.63. The van der Waals surface area contributed by atoms with Crippen LogP contribution in [0.15, 0.2) is 47.4 Å². The Morgan fingerprint density at radius 2 is 1.77 bits per heavy atom. The maximum Gasteiger partial charge on any atom is 0.256 e. The number of rotatable bonds is 5. The van der Waals surface area contributed by atoms with Crippen molar-refractivity contribution in [2.75, 3.05) is 24.2 Å². The standard InChI is InChI=1S/C21H24N2O2S/c1-15-9-10-17(13-16(15)2)22-21(25)18-7-3-4-8-19(18)26-14-20(24)23-11-5-6-12-23/h3-4,7-10,13H,5-6,11-12,14H2,1-2H3,(H,22,25). The Labute approximate surface area is 159 Å². The number of anilines is 1. The molecular weight excluding hydrogens is 344 g/mol. The fourth-order valence-corrected chi connectivity index (χ4v) is 3.95. The maximum atomic E-state index is 12.7. The normalized spacial score (nSPS) is 13.7. The van der Waals surface area contributed by atoms with Gasteiger partial charge in [-0.1, -0.05) is 18.2 Å². The van der Waals surface area contributed by atoms with Crippen LogP contribution in [0.1, 0.15) is 34.3 Å². The molecule has 0 spiro atoms. The molecule has 1 aliphatic rings. The number of nitrogens with zero attached hydrogens (tertiary/aromatic N) is 1. The molecule has 2 aromatic rings. The number of carbonyl (C=O) groups excluding carboxylic acids is 2. The Hall–Kier alpha value is -2.27. The Morgan fingerprint density at radius 1 is 1.04 bits per heavy atom. The largest absolute Gasteiger partial charge is 0.342 e. The Kier molecular flexibility index (Phi) is 5.99. The predicted molar refractivity (Wildman–Crippen MR) is 107 cm³/mol. The fraction of sp³-hybridized carbons (Fsp3) is 0.333. The molecule has 0 unspecified atom stereocenters. The van der Waals surface area contributed by atoms with Gasteiger partial charge in [0.2, 0.25) is 5.91 Å². The summed E-state index contributed by atoms with van der Waals surface area (Å²) in [7, 11) is 0.